The summed E-state index contributed by atoms with van der Waals surface area (Å²) >= 11 is 0. The van der Waals surface area contributed by atoms with Crippen molar-refractivity contribution in [3.05, 3.63) is 36.2 Å². The zero-order chi connectivity index (χ0) is 16.8. The summed E-state index contributed by atoms with van der Waals surface area (Å²) < 4.78 is 0. The van der Waals surface area contributed by atoms with Crippen LogP contribution >= 0.6 is 0 Å². The van der Waals surface area contributed by atoms with E-state index in [2.05, 4.69) is 14.9 Å². The van der Waals surface area contributed by atoms with Crippen molar-refractivity contribution in [3.8, 4) is 0 Å². The Morgan fingerprint density at radius 3 is 2.52 bits per heavy atom. The number of para-hydroxylation sites is 2. The summed E-state index contributed by atoms with van der Waals surface area (Å²) in [7, 11) is 0. The maximum Gasteiger partial charge on any atom is 0.274 e. The van der Waals surface area contributed by atoms with E-state index in [1.54, 1.807) is 6.20 Å². The van der Waals surface area contributed by atoms with Gasteiger partial charge in [-0.1, -0.05) is 18.6 Å². The highest BCUT2D eigenvalue weighted by molar-refractivity contribution is 5.93. The molecular weight excluding hydrogens is 312 g/mol. The van der Waals surface area contributed by atoms with E-state index in [1.807, 2.05) is 29.2 Å². The van der Waals surface area contributed by atoms with Crippen molar-refractivity contribution in [1.29, 1.82) is 0 Å². The Morgan fingerprint density at radius 2 is 1.80 bits per heavy atom. The lowest BCUT2D eigenvalue weighted by atomic mass is 9.93. The van der Waals surface area contributed by atoms with Gasteiger partial charge < -0.3 is 4.90 Å². The number of hydrogen-bond acceptors (Lipinski definition) is 4. The van der Waals surface area contributed by atoms with Gasteiger partial charge in [-0.15, -0.1) is 0 Å². The van der Waals surface area contributed by atoms with Gasteiger partial charge in [0.25, 0.3) is 5.91 Å². The zero-order valence-electron chi connectivity index (χ0n) is 14.5. The molecule has 3 atom stereocenters. The molecule has 2 bridgehead atoms. The van der Waals surface area contributed by atoms with Crippen molar-refractivity contribution in [2.24, 2.45) is 11.8 Å². The lowest BCUT2D eigenvalue weighted by Gasteiger charge is -2.40. The number of hydrogen-bond donors (Lipinski definition) is 0. The number of aromatic nitrogens is 2. The molecule has 5 rings (SSSR count). The second kappa shape index (κ2) is 6.06. The minimum absolute atomic E-state index is 0.0193. The summed E-state index contributed by atoms with van der Waals surface area (Å²) in [5.41, 5.74) is 2.08. The Balaban J connectivity index is 1.26. The fourth-order valence-electron chi connectivity index (χ4n) is 5.14. The Hall–Kier alpha value is -2.01. The fourth-order valence-corrected chi connectivity index (χ4v) is 5.14. The van der Waals surface area contributed by atoms with Crippen LogP contribution in [-0.4, -0.2) is 57.9 Å². The second-order valence-corrected chi connectivity index (χ2v) is 7.81. The first-order valence-corrected chi connectivity index (χ1v) is 9.53. The van der Waals surface area contributed by atoms with Gasteiger partial charge in [-0.3, -0.25) is 14.7 Å². The van der Waals surface area contributed by atoms with Crippen LogP contribution in [0.15, 0.2) is 30.5 Å². The van der Waals surface area contributed by atoms with Gasteiger partial charge in [0.15, 0.2) is 0 Å². The Labute approximate surface area is 148 Å². The lowest BCUT2D eigenvalue weighted by Crippen LogP contribution is -2.53. The van der Waals surface area contributed by atoms with Gasteiger partial charge in [0.05, 0.1) is 17.2 Å². The molecule has 0 radical (unpaired) electrons. The summed E-state index contributed by atoms with van der Waals surface area (Å²) in [5, 5.41) is 0. The number of carbonyl (C=O) groups excluding carboxylic acids is 1. The largest absolute Gasteiger partial charge is 0.335 e. The Kier molecular flexibility index (Phi) is 3.70. The van der Waals surface area contributed by atoms with Crippen molar-refractivity contribution in [2.75, 3.05) is 26.2 Å². The third-order valence-electron chi connectivity index (χ3n) is 6.44. The first-order valence-electron chi connectivity index (χ1n) is 9.53. The maximum atomic E-state index is 12.8. The third-order valence-corrected chi connectivity index (χ3v) is 6.44. The highest BCUT2D eigenvalue weighted by atomic mass is 16.2. The molecule has 1 aliphatic heterocycles. The van der Waals surface area contributed by atoms with Crippen LogP contribution in [0, 0.1) is 11.8 Å². The van der Waals surface area contributed by atoms with Crippen molar-refractivity contribution in [3.63, 3.8) is 0 Å². The quantitative estimate of drug-likeness (QED) is 0.846. The van der Waals surface area contributed by atoms with E-state index in [1.165, 1.54) is 25.7 Å². The van der Waals surface area contributed by atoms with Crippen LogP contribution < -0.4 is 0 Å². The molecule has 2 saturated carbocycles. The van der Waals surface area contributed by atoms with Crippen molar-refractivity contribution in [1.82, 2.24) is 19.8 Å². The molecule has 2 aromatic rings. The van der Waals surface area contributed by atoms with Crippen LogP contribution in [0.3, 0.4) is 0 Å². The topological polar surface area (TPSA) is 49.3 Å². The Morgan fingerprint density at radius 1 is 1.00 bits per heavy atom. The van der Waals surface area contributed by atoms with Crippen molar-refractivity contribution in [2.45, 2.75) is 31.7 Å². The van der Waals surface area contributed by atoms with Crippen LogP contribution in [0.4, 0.5) is 0 Å². The number of rotatable bonds is 2. The minimum Gasteiger partial charge on any atom is -0.335 e. The molecule has 3 fully saturated rings. The van der Waals surface area contributed by atoms with Gasteiger partial charge in [-0.25, -0.2) is 4.98 Å². The molecule has 1 aromatic carbocycles. The summed E-state index contributed by atoms with van der Waals surface area (Å²) in [6.07, 6.45) is 7.31. The van der Waals surface area contributed by atoms with E-state index in [9.17, 15) is 4.79 Å². The molecule has 25 heavy (non-hydrogen) atoms. The average molecular weight is 336 g/mol. The van der Waals surface area contributed by atoms with Gasteiger partial charge >= 0.3 is 0 Å². The van der Waals surface area contributed by atoms with Crippen molar-refractivity contribution >= 4 is 16.9 Å². The molecule has 1 saturated heterocycles. The zero-order valence-corrected chi connectivity index (χ0v) is 14.5. The van der Waals surface area contributed by atoms with Gasteiger partial charge in [0.2, 0.25) is 0 Å². The highest BCUT2D eigenvalue weighted by Gasteiger charge is 2.43. The molecular formula is C20H24N4O. The highest BCUT2D eigenvalue weighted by Crippen LogP contribution is 2.46. The smallest absolute Gasteiger partial charge is 0.274 e. The van der Waals surface area contributed by atoms with Crippen LogP contribution in [0.25, 0.3) is 11.0 Å². The first kappa shape index (κ1) is 15.3. The molecule has 3 aliphatic rings. The van der Waals surface area contributed by atoms with Crippen molar-refractivity contribution < 1.29 is 4.79 Å². The summed E-state index contributed by atoms with van der Waals surface area (Å²) in [6, 6.07) is 8.47. The standard InChI is InChI=1S/C20H24N4O/c25-20(18-13-21-16-3-1-2-4-17(16)22-18)24-9-7-23(8-10-24)19-12-14-5-6-15(19)11-14/h1-4,13-15,19H,5-12H2. The normalized spacial score (nSPS) is 29.4. The van der Waals surface area contributed by atoms with Gasteiger partial charge in [-0.2, -0.15) is 0 Å². The van der Waals surface area contributed by atoms with E-state index in [-0.39, 0.29) is 5.91 Å². The van der Waals surface area contributed by atoms with E-state index in [4.69, 9.17) is 0 Å². The van der Waals surface area contributed by atoms with E-state index >= 15 is 0 Å². The number of benzene rings is 1. The molecule has 0 spiro atoms. The van der Waals surface area contributed by atoms with E-state index in [0.717, 1.165) is 55.1 Å². The fraction of sp³-hybridized carbons (Fsp3) is 0.550. The van der Waals surface area contributed by atoms with E-state index < -0.39 is 0 Å². The third kappa shape index (κ3) is 2.71. The molecule has 5 heteroatoms. The predicted octanol–water partition coefficient (Wildman–Crippen LogP) is 2.58. The minimum atomic E-state index is 0.0193. The van der Waals surface area contributed by atoms with Gasteiger partial charge in [-0.05, 0) is 43.2 Å². The lowest BCUT2D eigenvalue weighted by molar-refractivity contribution is 0.0491. The second-order valence-electron chi connectivity index (χ2n) is 7.81. The molecule has 1 aromatic heterocycles. The SMILES string of the molecule is O=C(c1cnc2ccccc2n1)N1CCN(C2CC3CCC2C3)CC1. The molecule has 3 unspecified atom stereocenters. The van der Waals surface area contributed by atoms with Crippen LogP contribution in [0.5, 0.6) is 0 Å². The maximum absolute atomic E-state index is 12.8. The molecule has 5 nitrogen and oxygen atoms in total. The molecule has 2 aliphatic carbocycles. The number of amides is 1. The first-order chi connectivity index (χ1) is 12.3. The van der Waals surface area contributed by atoms with Crippen LogP contribution in [-0.2, 0) is 0 Å². The number of fused-ring (bicyclic) bond motifs is 3. The molecule has 1 amide bonds. The van der Waals surface area contributed by atoms with Crippen LogP contribution in [0.2, 0.25) is 0 Å². The van der Waals surface area contributed by atoms with Gasteiger partial charge in [0, 0.05) is 32.2 Å². The molecule has 0 N–H and O–H groups in total. The average Bonchev–Trinajstić information content (AvgIpc) is 3.31. The molecule has 2 heterocycles. The number of piperazine rings is 1. The van der Waals surface area contributed by atoms with Crippen LogP contribution in [0.1, 0.15) is 36.2 Å². The summed E-state index contributed by atoms with van der Waals surface area (Å²) in [4.78, 5) is 26.3. The molecule has 130 valence electrons. The predicted molar refractivity (Wildman–Crippen MR) is 96.3 cm³/mol. The summed E-state index contributed by atoms with van der Waals surface area (Å²) in [6.45, 7) is 3.61. The Bertz CT molecular complexity index is 799. The monoisotopic (exact) mass is 336 g/mol. The number of nitrogens with zero attached hydrogens (tertiary/aromatic N) is 4. The number of carbonyl (C=O) groups is 1. The van der Waals surface area contributed by atoms with Gasteiger partial charge in [0.1, 0.15) is 5.69 Å². The summed E-state index contributed by atoms with van der Waals surface area (Å²) in [5.74, 6) is 1.91. The van der Waals surface area contributed by atoms with E-state index in [0.29, 0.717) is 5.69 Å².